The van der Waals surface area contributed by atoms with E-state index < -0.39 is 6.04 Å². The van der Waals surface area contributed by atoms with Gasteiger partial charge in [-0.2, -0.15) is 0 Å². The molecule has 29 heavy (non-hydrogen) atoms. The number of amides is 4. The van der Waals surface area contributed by atoms with Crippen LogP contribution in [-0.4, -0.2) is 49.2 Å². The maximum Gasteiger partial charge on any atom is 0.325 e. The van der Waals surface area contributed by atoms with Crippen LogP contribution in [-0.2, 0) is 9.59 Å². The van der Waals surface area contributed by atoms with Gasteiger partial charge in [-0.3, -0.25) is 14.5 Å². The molecule has 0 radical (unpaired) electrons. The van der Waals surface area contributed by atoms with Crippen molar-refractivity contribution in [2.45, 2.75) is 6.04 Å². The van der Waals surface area contributed by atoms with Crippen LogP contribution >= 0.6 is 0 Å². The number of hydrogen-bond donors (Lipinski definition) is 2. The van der Waals surface area contributed by atoms with Gasteiger partial charge in [0.05, 0.1) is 0 Å². The number of hydrogen-bond acceptors (Lipinski definition) is 5. The van der Waals surface area contributed by atoms with Gasteiger partial charge in [0.15, 0.2) is 11.5 Å². The van der Waals surface area contributed by atoms with Crippen molar-refractivity contribution in [1.82, 2.24) is 10.2 Å². The first kappa shape index (κ1) is 17.4. The molecule has 0 saturated carbocycles. The van der Waals surface area contributed by atoms with E-state index in [9.17, 15) is 14.4 Å². The lowest BCUT2D eigenvalue weighted by Crippen LogP contribution is -2.42. The van der Waals surface area contributed by atoms with Crippen LogP contribution in [0.5, 0.6) is 11.5 Å². The molecular formula is C20H18N4O5. The zero-order valence-corrected chi connectivity index (χ0v) is 15.4. The van der Waals surface area contributed by atoms with E-state index in [0.29, 0.717) is 36.0 Å². The first-order valence-corrected chi connectivity index (χ1v) is 9.25. The molecule has 148 valence electrons. The molecule has 2 aromatic carbocycles. The van der Waals surface area contributed by atoms with Crippen molar-refractivity contribution < 1.29 is 23.9 Å². The van der Waals surface area contributed by atoms with Gasteiger partial charge in [-0.25, -0.2) is 4.79 Å². The smallest absolute Gasteiger partial charge is 0.325 e. The topological polar surface area (TPSA) is 100 Å². The molecule has 9 nitrogen and oxygen atoms in total. The number of nitrogens with zero attached hydrogens (tertiary/aromatic N) is 2. The molecule has 2 aromatic rings. The highest BCUT2D eigenvalue weighted by atomic mass is 16.7. The Morgan fingerprint density at radius 1 is 1.10 bits per heavy atom. The van der Waals surface area contributed by atoms with Gasteiger partial charge >= 0.3 is 6.03 Å². The fourth-order valence-electron chi connectivity index (χ4n) is 3.75. The predicted molar refractivity (Wildman–Crippen MR) is 103 cm³/mol. The highest BCUT2D eigenvalue weighted by molar-refractivity contribution is 6.05. The predicted octanol–water partition coefficient (Wildman–Crippen LogP) is 1.47. The largest absolute Gasteiger partial charge is 0.454 e. The number of carbonyl (C=O) groups is 3. The summed E-state index contributed by atoms with van der Waals surface area (Å²) < 4.78 is 10.7. The molecule has 0 aromatic heterocycles. The van der Waals surface area contributed by atoms with Crippen molar-refractivity contribution >= 4 is 29.2 Å². The third-order valence-electron chi connectivity index (χ3n) is 5.19. The van der Waals surface area contributed by atoms with E-state index >= 15 is 0 Å². The molecule has 3 heterocycles. The number of para-hydroxylation sites is 1. The van der Waals surface area contributed by atoms with Crippen LogP contribution < -0.4 is 25.0 Å². The number of rotatable bonds is 4. The molecule has 1 saturated heterocycles. The van der Waals surface area contributed by atoms with Crippen molar-refractivity contribution in [2.75, 3.05) is 36.6 Å². The second kappa shape index (κ2) is 6.69. The average molecular weight is 394 g/mol. The maximum atomic E-state index is 12.8. The minimum absolute atomic E-state index is 0.119. The molecule has 1 unspecified atom stereocenters. The highest BCUT2D eigenvalue weighted by Gasteiger charge is 2.35. The molecular weight excluding hydrogens is 376 g/mol. The van der Waals surface area contributed by atoms with E-state index in [1.165, 1.54) is 4.90 Å². The lowest BCUT2D eigenvalue weighted by molar-refractivity contribution is -0.126. The lowest BCUT2D eigenvalue weighted by Gasteiger charge is -2.19. The van der Waals surface area contributed by atoms with E-state index in [-0.39, 0.29) is 31.2 Å². The van der Waals surface area contributed by atoms with E-state index in [4.69, 9.17) is 9.47 Å². The van der Waals surface area contributed by atoms with Crippen LogP contribution in [0.2, 0.25) is 0 Å². The SMILES string of the molecule is O=C(CN1CCN(c2ccc3c(c2)OCO3)C1=O)NC1C(=O)Nc2ccccc21. The number of carbonyl (C=O) groups excluding carboxylic acids is 3. The molecule has 3 aliphatic rings. The highest BCUT2D eigenvalue weighted by Crippen LogP contribution is 2.36. The van der Waals surface area contributed by atoms with Crippen molar-refractivity contribution in [3.63, 3.8) is 0 Å². The first-order valence-electron chi connectivity index (χ1n) is 9.25. The monoisotopic (exact) mass is 394 g/mol. The number of benzene rings is 2. The van der Waals surface area contributed by atoms with Crippen LogP contribution in [0.25, 0.3) is 0 Å². The Labute approximate surface area is 166 Å². The van der Waals surface area contributed by atoms with E-state index in [1.54, 1.807) is 35.2 Å². The van der Waals surface area contributed by atoms with Gasteiger partial charge in [0.2, 0.25) is 12.7 Å². The Morgan fingerprint density at radius 3 is 2.83 bits per heavy atom. The Balaban J connectivity index is 1.24. The summed E-state index contributed by atoms with van der Waals surface area (Å²) in [5.41, 5.74) is 2.10. The van der Waals surface area contributed by atoms with Crippen LogP contribution in [0.4, 0.5) is 16.2 Å². The Hall–Kier alpha value is -3.75. The van der Waals surface area contributed by atoms with E-state index in [0.717, 1.165) is 5.56 Å². The van der Waals surface area contributed by atoms with Gasteiger partial charge in [0.1, 0.15) is 12.6 Å². The summed E-state index contributed by atoms with van der Waals surface area (Å²) in [6.45, 7) is 0.912. The Morgan fingerprint density at radius 2 is 1.93 bits per heavy atom. The molecule has 3 aliphatic heterocycles. The second-order valence-corrected chi connectivity index (χ2v) is 6.97. The summed E-state index contributed by atoms with van der Waals surface area (Å²) in [6, 6.07) is 11.5. The van der Waals surface area contributed by atoms with Gasteiger partial charge in [-0.15, -0.1) is 0 Å². The fourth-order valence-corrected chi connectivity index (χ4v) is 3.75. The Bertz CT molecular complexity index is 1020. The Kier molecular flexibility index (Phi) is 4.01. The van der Waals surface area contributed by atoms with E-state index in [2.05, 4.69) is 10.6 Å². The van der Waals surface area contributed by atoms with Gasteiger partial charge in [-0.1, -0.05) is 18.2 Å². The molecule has 4 amide bonds. The summed E-state index contributed by atoms with van der Waals surface area (Å²) in [5, 5.41) is 5.46. The summed E-state index contributed by atoms with van der Waals surface area (Å²) in [4.78, 5) is 40.5. The third-order valence-corrected chi connectivity index (χ3v) is 5.19. The molecule has 9 heteroatoms. The maximum absolute atomic E-state index is 12.8. The van der Waals surface area contributed by atoms with Crippen LogP contribution in [0.15, 0.2) is 42.5 Å². The summed E-state index contributed by atoms with van der Waals surface area (Å²) >= 11 is 0. The van der Waals surface area contributed by atoms with Crippen LogP contribution in [0.1, 0.15) is 11.6 Å². The zero-order valence-electron chi connectivity index (χ0n) is 15.4. The van der Waals surface area contributed by atoms with Gasteiger partial charge in [-0.05, 0) is 18.2 Å². The second-order valence-electron chi connectivity index (χ2n) is 6.97. The van der Waals surface area contributed by atoms with Crippen molar-refractivity contribution in [1.29, 1.82) is 0 Å². The van der Waals surface area contributed by atoms with Crippen molar-refractivity contribution in [3.8, 4) is 11.5 Å². The quantitative estimate of drug-likeness (QED) is 0.818. The molecule has 0 bridgehead atoms. The molecule has 5 rings (SSSR count). The first-order chi connectivity index (χ1) is 14.1. The number of anilines is 2. The van der Waals surface area contributed by atoms with Gasteiger partial charge in [0, 0.05) is 36.1 Å². The lowest BCUT2D eigenvalue weighted by atomic mass is 10.1. The normalized spacial score (nSPS) is 19.4. The molecule has 0 aliphatic carbocycles. The number of ether oxygens (including phenoxy) is 2. The van der Waals surface area contributed by atoms with Gasteiger partial charge in [0.25, 0.3) is 5.91 Å². The minimum atomic E-state index is -0.749. The fraction of sp³-hybridized carbons (Fsp3) is 0.250. The minimum Gasteiger partial charge on any atom is -0.454 e. The molecule has 1 atom stereocenters. The average Bonchev–Trinajstić information content (AvgIpc) is 3.40. The summed E-state index contributed by atoms with van der Waals surface area (Å²) in [7, 11) is 0. The molecule has 2 N–H and O–H groups in total. The number of urea groups is 1. The van der Waals surface area contributed by atoms with Crippen LogP contribution in [0, 0.1) is 0 Å². The number of fused-ring (bicyclic) bond motifs is 2. The zero-order chi connectivity index (χ0) is 20.0. The van der Waals surface area contributed by atoms with Crippen LogP contribution in [0.3, 0.4) is 0 Å². The third kappa shape index (κ3) is 3.00. The summed E-state index contributed by atoms with van der Waals surface area (Å²) in [6.07, 6.45) is 0. The van der Waals surface area contributed by atoms with E-state index in [1.807, 2.05) is 12.1 Å². The van der Waals surface area contributed by atoms with Crippen molar-refractivity contribution in [3.05, 3.63) is 48.0 Å². The number of nitrogens with one attached hydrogen (secondary N) is 2. The summed E-state index contributed by atoms with van der Waals surface area (Å²) in [5.74, 6) is 0.571. The molecule has 1 fully saturated rings. The van der Waals surface area contributed by atoms with Gasteiger partial charge < -0.3 is 25.0 Å². The van der Waals surface area contributed by atoms with Crippen molar-refractivity contribution in [2.24, 2.45) is 0 Å². The standard InChI is InChI=1S/C20H18N4O5/c25-17(22-18-13-3-1-2-4-14(13)21-19(18)26)10-23-7-8-24(20(23)27)12-5-6-15-16(9-12)29-11-28-15/h1-6,9,18H,7-8,10-11H2,(H,21,26)(H,22,25). The molecule has 0 spiro atoms.